The van der Waals surface area contributed by atoms with Crippen molar-refractivity contribution in [2.75, 3.05) is 17.2 Å². The summed E-state index contributed by atoms with van der Waals surface area (Å²) in [7, 11) is 0. The van der Waals surface area contributed by atoms with E-state index in [1.807, 2.05) is 6.07 Å². The average molecular weight is 497 g/mol. The molecule has 3 aromatic rings. The minimum atomic E-state index is -0.904. The molecule has 2 aromatic carbocycles. The van der Waals surface area contributed by atoms with Gasteiger partial charge in [-0.2, -0.15) is 5.26 Å². The van der Waals surface area contributed by atoms with Crippen molar-refractivity contribution in [2.24, 2.45) is 0 Å². The van der Waals surface area contributed by atoms with Crippen LogP contribution >= 0.6 is 11.6 Å². The zero-order valence-electron chi connectivity index (χ0n) is 18.4. The number of nitriles is 1. The highest BCUT2D eigenvalue weighted by Gasteiger charge is 2.21. The van der Waals surface area contributed by atoms with E-state index in [1.165, 1.54) is 24.3 Å². The van der Waals surface area contributed by atoms with Crippen LogP contribution in [0.4, 0.5) is 17.3 Å². The Morgan fingerprint density at radius 2 is 1.86 bits per heavy atom. The third kappa shape index (κ3) is 5.63. The van der Waals surface area contributed by atoms with E-state index in [2.05, 4.69) is 10.6 Å². The summed E-state index contributed by atoms with van der Waals surface area (Å²) >= 11 is 5.99. The number of aryl methyl sites for hydroxylation is 1. The van der Waals surface area contributed by atoms with E-state index in [0.29, 0.717) is 11.3 Å². The van der Waals surface area contributed by atoms with Gasteiger partial charge in [0.15, 0.2) is 6.61 Å². The molecule has 1 aromatic heterocycles. The smallest absolute Gasteiger partial charge is 0.340 e. The number of nitro benzene ring substituents is 1. The van der Waals surface area contributed by atoms with Crippen LogP contribution in [0.1, 0.15) is 37.6 Å². The van der Waals surface area contributed by atoms with Crippen molar-refractivity contribution in [1.29, 1.82) is 5.26 Å². The number of esters is 1. The largest absolute Gasteiger partial charge is 0.452 e. The number of non-ortho nitro benzene ring substituents is 1. The van der Waals surface area contributed by atoms with E-state index in [9.17, 15) is 29.8 Å². The summed E-state index contributed by atoms with van der Waals surface area (Å²) in [4.78, 5) is 47.6. The van der Waals surface area contributed by atoms with E-state index >= 15 is 0 Å². The van der Waals surface area contributed by atoms with Crippen LogP contribution in [0.2, 0.25) is 5.02 Å². The molecule has 0 aliphatic heterocycles. The van der Waals surface area contributed by atoms with Gasteiger partial charge in [0.05, 0.1) is 26.8 Å². The molecule has 1 heterocycles. The van der Waals surface area contributed by atoms with Gasteiger partial charge in [0.25, 0.3) is 17.5 Å². The predicted molar refractivity (Wildman–Crippen MR) is 124 cm³/mol. The number of carbonyl (C=O) groups excluding carboxylic acids is 3. The molecule has 2 N–H and O–H groups in total. The molecule has 0 atom stereocenters. The molecule has 11 nitrogen and oxygen atoms in total. The lowest BCUT2D eigenvalue weighted by atomic mass is 10.1. The predicted octanol–water partition coefficient (Wildman–Crippen LogP) is 4.38. The summed E-state index contributed by atoms with van der Waals surface area (Å²) in [5, 5.41) is 24.8. The number of hydrogen-bond donors (Lipinski definition) is 2. The number of nitrogens with zero attached hydrogens (tertiary/aromatic N) is 2. The number of anilines is 2. The Hall–Kier alpha value is -4.69. The van der Waals surface area contributed by atoms with Crippen molar-refractivity contribution in [3.63, 3.8) is 0 Å². The molecule has 0 unspecified atom stereocenters. The first kappa shape index (κ1) is 24.9. The van der Waals surface area contributed by atoms with Crippen molar-refractivity contribution >= 4 is 46.6 Å². The van der Waals surface area contributed by atoms with Gasteiger partial charge < -0.3 is 14.5 Å². The van der Waals surface area contributed by atoms with E-state index in [4.69, 9.17) is 20.8 Å². The van der Waals surface area contributed by atoms with E-state index in [0.717, 1.165) is 12.1 Å². The van der Waals surface area contributed by atoms with Crippen LogP contribution < -0.4 is 10.6 Å². The van der Waals surface area contributed by atoms with Crippen LogP contribution in [0, 0.1) is 35.3 Å². The summed E-state index contributed by atoms with van der Waals surface area (Å²) in [6, 6.07) is 11.2. The Bertz CT molecular complexity index is 1390. The number of rotatable bonds is 7. The summed E-state index contributed by atoms with van der Waals surface area (Å²) in [5.41, 5.74) is 0.445. The summed E-state index contributed by atoms with van der Waals surface area (Å²) in [5.74, 6) is -1.93. The molecule has 0 radical (unpaired) electrons. The van der Waals surface area contributed by atoms with Crippen molar-refractivity contribution in [2.45, 2.75) is 13.8 Å². The fourth-order valence-corrected chi connectivity index (χ4v) is 3.24. The molecule has 0 spiro atoms. The number of para-hydroxylation sites is 1. The van der Waals surface area contributed by atoms with Crippen molar-refractivity contribution in [3.8, 4) is 6.07 Å². The molecular formula is C23H17ClN4O7. The molecule has 0 aliphatic carbocycles. The van der Waals surface area contributed by atoms with E-state index < -0.39 is 29.3 Å². The highest BCUT2D eigenvalue weighted by Crippen LogP contribution is 2.26. The first-order valence-corrected chi connectivity index (χ1v) is 10.3. The van der Waals surface area contributed by atoms with Gasteiger partial charge in [0.2, 0.25) is 5.88 Å². The second-order valence-corrected chi connectivity index (χ2v) is 7.55. The molecular weight excluding hydrogens is 480 g/mol. The van der Waals surface area contributed by atoms with Crippen LogP contribution in [0.5, 0.6) is 0 Å². The van der Waals surface area contributed by atoms with Gasteiger partial charge in [-0.05, 0) is 32.0 Å². The maximum absolute atomic E-state index is 12.6. The molecule has 0 fully saturated rings. The Kier molecular flexibility index (Phi) is 7.48. The maximum atomic E-state index is 12.6. The summed E-state index contributed by atoms with van der Waals surface area (Å²) in [6.45, 7) is 2.63. The van der Waals surface area contributed by atoms with Gasteiger partial charge in [-0.15, -0.1) is 0 Å². The second-order valence-electron chi connectivity index (χ2n) is 7.14. The number of hydrogen-bond acceptors (Lipinski definition) is 8. The summed E-state index contributed by atoms with van der Waals surface area (Å²) < 4.78 is 10.4. The number of carbonyl (C=O) groups is 3. The molecule has 35 heavy (non-hydrogen) atoms. The first-order valence-electron chi connectivity index (χ1n) is 9.93. The van der Waals surface area contributed by atoms with Crippen LogP contribution in [0.15, 0.2) is 46.9 Å². The number of halogens is 1. The first-order chi connectivity index (χ1) is 16.6. The van der Waals surface area contributed by atoms with Crippen LogP contribution in [0.25, 0.3) is 0 Å². The molecule has 0 aliphatic rings. The molecule has 178 valence electrons. The molecule has 0 saturated heterocycles. The van der Waals surface area contributed by atoms with Gasteiger partial charge in [-0.25, -0.2) is 4.79 Å². The van der Waals surface area contributed by atoms with E-state index in [1.54, 1.807) is 19.9 Å². The van der Waals surface area contributed by atoms with Crippen molar-refractivity contribution in [1.82, 2.24) is 0 Å². The Labute approximate surface area is 203 Å². The molecule has 0 bridgehead atoms. The number of benzene rings is 2. The second kappa shape index (κ2) is 10.5. The third-order valence-electron chi connectivity index (χ3n) is 4.89. The van der Waals surface area contributed by atoms with Crippen LogP contribution in [-0.2, 0) is 9.53 Å². The van der Waals surface area contributed by atoms with Crippen molar-refractivity contribution in [3.05, 3.63) is 85.6 Å². The van der Waals surface area contributed by atoms with Gasteiger partial charge in [-0.3, -0.25) is 25.0 Å². The Balaban J connectivity index is 1.69. The highest BCUT2D eigenvalue weighted by atomic mass is 35.5. The topological polar surface area (TPSA) is 165 Å². The standard InChI is InChI=1S/C23H17ClN4O7/c1-12-13(2)35-22(17(12)10-25)27-20(29)11-34-23(31)16-5-3-4-6-19(16)26-21(30)15-8-7-14(28(32)33)9-18(15)24/h3-9H,11H2,1-2H3,(H,26,30)(H,27,29). The molecule has 0 saturated carbocycles. The highest BCUT2D eigenvalue weighted by molar-refractivity contribution is 6.34. The zero-order chi connectivity index (χ0) is 25.7. The lowest BCUT2D eigenvalue weighted by Crippen LogP contribution is -2.22. The van der Waals surface area contributed by atoms with Crippen LogP contribution in [0.3, 0.4) is 0 Å². The fourth-order valence-electron chi connectivity index (χ4n) is 2.98. The maximum Gasteiger partial charge on any atom is 0.340 e. The SMILES string of the molecule is Cc1oc(NC(=O)COC(=O)c2ccccc2NC(=O)c2ccc([N+](=O)[O-])cc2Cl)c(C#N)c1C. The molecule has 3 rings (SSSR count). The molecule has 12 heteroatoms. The number of nitro groups is 1. The quantitative estimate of drug-likeness (QED) is 0.276. The lowest BCUT2D eigenvalue weighted by Gasteiger charge is -2.11. The number of amides is 2. The monoisotopic (exact) mass is 496 g/mol. The minimum absolute atomic E-state index is 0.0443. The van der Waals surface area contributed by atoms with Gasteiger partial charge in [0.1, 0.15) is 17.4 Å². The number of furan rings is 1. The van der Waals surface area contributed by atoms with Crippen LogP contribution in [-0.4, -0.2) is 29.3 Å². The Morgan fingerprint density at radius 3 is 2.51 bits per heavy atom. The van der Waals surface area contributed by atoms with Gasteiger partial charge in [0, 0.05) is 17.7 Å². The Morgan fingerprint density at radius 1 is 1.14 bits per heavy atom. The third-order valence-corrected chi connectivity index (χ3v) is 5.20. The van der Waals surface area contributed by atoms with Gasteiger partial charge in [-0.1, -0.05) is 23.7 Å². The van der Waals surface area contributed by atoms with Gasteiger partial charge >= 0.3 is 5.97 Å². The summed E-state index contributed by atoms with van der Waals surface area (Å²) in [6.07, 6.45) is 0. The number of nitrogens with one attached hydrogen (secondary N) is 2. The average Bonchev–Trinajstić information content (AvgIpc) is 3.09. The molecule has 2 amide bonds. The normalized spacial score (nSPS) is 10.2. The minimum Gasteiger partial charge on any atom is -0.452 e. The van der Waals surface area contributed by atoms with E-state index in [-0.39, 0.29) is 39.0 Å². The lowest BCUT2D eigenvalue weighted by molar-refractivity contribution is -0.384. The van der Waals surface area contributed by atoms with Crippen molar-refractivity contribution < 1.29 is 28.5 Å². The fraction of sp³-hybridized carbons (Fsp3) is 0.130. The number of ether oxygens (including phenoxy) is 1. The zero-order valence-corrected chi connectivity index (χ0v) is 19.1.